The summed E-state index contributed by atoms with van der Waals surface area (Å²) in [7, 11) is -2.69. The zero-order valence-electron chi connectivity index (χ0n) is 7.34. The number of amidine groups is 1. The van der Waals surface area contributed by atoms with E-state index in [4.69, 9.17) is 23.2 Å². The molecule has 7 nitrogen and oxygen atoms in total. The van der Waals surface area contributed by atoms with E-state index in [2.05, 4.69) is 15.0 Å². The van der Waals surface area contributed by atoms with Gasteiger partial charge in [-0.3, -0.25) is 5.32 Å². The van der Waals surface area contributed by atoms with Gasteiger partial charge in [-0.25, -0.2) is 4.79 Å². The van der Waals surface area contributed by atoms with Crippen molar-refractivity contribution < 1.29 is 13.2 Å². The van der Waals surface area contributed by atoms with Crippen LogP contribution >= 0.6 is 23.2 Å². The average Bonchev–Trinajstić information content (AvgIpc) is 2.46. The highest BCUT2D eigenvalue weighted by atomic mass is 35.5. The van der Waals surface area contributed by atoms with Gasteiger partial charge in [-0.15, -0.1) is 4.40 Å². The van der Waals surface area contributed by atoms with Crippen LogP contribution in [0.4, 0.5) is 4.79 Å². The minimum atomic E-state index is -3.86. The molecule has 0 saturated carbocycles. The molecular weight excluding hydrogens is 267 g/mol. The maximum absolute atomic E-state index is 11.0. The van der Waals surface area contributed by atoms with Gasteiger partial charge >= 0.3 is 16.2 Å². The second-order valence-electron chi connectivity index (χ2n) is 2.33. The molecule has 1 saturated heterocycles. The van der Waals surface area contributed by atoms with E-state index in [1.807, 2.05) is 4.72 Å². The minimum Gasteiger partial charge on any atom is -0.302 e. The highest BCUT2D eigenvalue weighted by Crippen LogP contribution is 2.15. The predicted molar refractivity (Wildman–Crippen MR) is 55.8 cm³/mol. The van der Waals surface area contributed by atoms with Crippen LogP contribution in [0, 0.1) is 0 Å². The van der Waals surface area contributed by atoms with Crippen molar-refractivity contribution in [2.75, 3.05) is 7.05 Å². The zero-order valence-corrected chi connectivity index (χ0v) is 9.66. The summed E-state index contributed by atoms with van der Waals surface area (Å²) in [6, 6.07) is -0.658. The summed E-state index contributed by atoms with van der Waals surface area (Å²) >= 11 is 10.8. The summed E-state index contributed by atoms with van der Waals surface area (Å²) in [5.41, 5.74) is -0.0813. The van der Waals surface area contributed by atoms with Crippen molar-refractivity contribution in [3.63, 3.8) is 0 Å². The lowest BCUT2D eigenvalue weighted by atomic mass is 10.5. The molecule has 0 aliphatic carbocycles. The van der Waals surface area contributed by atoms with Crippen molar-refractivity contribution >= 4 is 45.3 Å². The Morgan fingerprint density at radius 3 is 2.47 bits per heavy atom. The molecule has 0 aromatic rings. The number of nitrogens with zero attached hydrogens (tertiary/aromatic N) is 1. The Bertz CT molecular complexity index is 451. The smallest absolute Gasteiger partial charge is 0.302 e. The summed E-state index contributed by atoms with van der Waals surface area (Å²) in [5, 5.41) is 4.32. The molecule has 0 spiro atoms. The van der Waals surface area contributed by atoms with E-state index in [9.17, 15) is 13.2 Å². The van der Waals surface area contributed by atoms with Crippen LogP contribution in [0.3, 0.4) is 0 Å². The van der Waals surface area contributed by atoms with E-state index in [0.29, 0.717) is 0 Å². The molecular formula is C5H6Cl2N4O3S. The Labute approximate surface area is 95.7 Å². The standard InChI is InChI=1S/C5H6Cl2N4O3S/c1-8-15(13,14)11-4-2(3(6)7)9-5(12)10-4/h8H,1H3,(H2,9,10,11,12). The van der Waals surface area contributed by atoms with Crippen LogP contribution in [-0.2, 0) is 10.2 Å². The van der Waals surface area contributed by atoms with E-state index < -0.39 is 16.2 Å². The van der Waals surface area contributed by atoms with Crippen LogP contribution in [0.15, 0.2) is 14.6 Å². The number of carbonyl (C=O) groups excluding carboxylic acids is 1. The number of hydrogen-bond donors (Lipinski definition) is 3. The van der Waals surface area contributed by atoms with Crippen LogP contribution in [0.5, 0.6) is 0 Å². The molecule has 1 rings (SSSR count). The second kappa shape index (κ2) is 4.35. The molecule has 10 heteroatoms. The summed E-state index contributed by atoms with van der Waals surface area (Å²) in [5.74, 6) is -0.255. The van der Waals surface area contributed by atoms with Crippen LogP contribution in [0.1, 0.15) is 0 Å². The molecule has 0 aromatic carbocycles. The lowest BCUT2D eigenvalue weighted by Gasteiger charge is -1.98. The molecule has 1 heterocycles. The number of urea groups is 1. The first kappa shape index (κ1) is 12.2. The fourth-order valence-electron chi connectivity index (χ4n) is 0.745. The Morgan fingerprint density at radius 2 is 2.00 bits per heavy atom. The Morgan fingerprint density at radius 1 is 1.40 bits per heavy atom. The maximum atomic E-state index is 11.0. The van der Waals surface area contributed by atoms with Crippen molar-refractivity contribution in [2.24, 2.45) is 4.40 Å². The Hall–Kier alpha value is -0.830. The van der Waals surface area contributed by atoms with Crippen molar-refractivity contribution in [3.05, 3.63) is 10.2 Å². The zero-order chi connectivity index (χ0) is 11.6. The van der Waals surface area contributed by atoms with Crippen LogP contribution in [0.25, 0.3) is 0 Å². The van der Waals surface area contributed by atoms with Crippen molar-refractivity contribution in [3.8, 4) is 0 Å². The predicted octanol–water partition coefficient (Wildman–Crippen LogP) is -0.191. The average molecular weight is 273 g/mol. The third-order valence-electron chi connectivity index (χ3n) is 1.37. The van der Waals surface area contributed by atoms with E-state index in [0.717, 1.165) is 0 Å². The lowest BCUT2D eigenvalue weighted by Crippen LogP contribution is -2.25. The summed E-state index contributed by atoms with van der Waals surface area (Å²) in [6.07, 6.45) is 0. The van der Waals surface area contributed by atoms with Crippen LogP contribution < -0.4 is 15.4 Å². The van der Waals surface area contributed by atoms with Gasteiger partial charge in [0.2, 0.25) is 0 Å². The van der Waals surface area contributed by atoms with Gasteiger partial charge in [-0.05, 0) is 0 Å². The first-order valence-electron chi connectivity index (χ1n) is 3.53. The SMILES string of the molecule is CNS(=O)(=O)N=C1NC(=O)NC1=C(Cl)Cl. The maximum Gasteiger partial charge on any atom is 0.325 e. The summed E-state index contributed by atoms with van der Waals surface area (Å²) in [4.78, 5) is 10.9. The van der Waals surface area contributed by atoms with Crippen molar-refractivity contribution in [1.82, 2.24) is 15.4 Å². The fraction of sp³-hybridized carbons (Fsp3) is 0.200. The first-order valence-corrected chi connectivity index (χ1v) is 5.72. The van der Waals surface area contributed by atoms with Gasteiger partial charge in [0.1, 0.15) is 10.2 Å². The topological polar surface area (TPSA) is 99.7 Å². The molecule has 0 atom stereocenters. The molecule has 1 aliphatic rings. The van der Waals surface area contributed by atoms with Crippen molar-refractivity contribution in [2.45, 2.75) is 0 Å². The van der Waals surface area contributed by atoms with E-state index >= 15 is 0 Å². The monoisotopic (exact) mass is 272 g/mol. The van der Waals surface area contributed by atoms with Crippen LogP contribution in [-0.4, -0.2) is 27.3 Å². The molecule has 1 aliphatic heterocycles. The number of hydrogen-bond acceptors (Lipinski definition) is 3. The number of nitrogens with one attached hydrogen (secondary N) is 3. The molecule has 3 N–H and O–H groups in total. The van der Waals surface area contributed by atoms with E-state index in [1.165, 1.54) is 7.05 Å². The lowest BCUT2D eigenvalue weighted by molar-refractivity contribution is 0.250. The summed E-state index contributed by atoms with van der Waals surface area (Å²) < 4.78 is 27.0. The van der Waals surface area contributed by atoms with Crippen LogP contribution in [0.2, 0.25) is 0 Å². The highest BCUT2D eigenvalue weighted by molar-refractivity contribution is 7.88. The molecule has 0 aromatic heterocycles. The first-order chi connectivity index (χ1) is 6.85. The fourth-order valence-corrected chi connectivity index (χ4v) is 1.49. The quantitative estimate of drug-likeness (QED) is 0.650. The Kier molecular flexibility index (Phi) is 3.55. The molecule has 84 valence electrons. The van der Waals surface area contributed by atoms with Crippen molar-refractivity contribution in [1.29, 1.82) is 0 Å². The molecule has 0 radical (unpaired) electrons. The van der Waals surface area contributed by atoms with Gasteiger partial charge in [-0.1, -0.05) is 23.2 Å². The van der Waals surface area contributed by atoms with Gasteiger partial charge in [0, 0.05) is 7.05 Å². The van der Waals surface area contributed by atoms with Gasteiger partial charge in [0.15, 0.2) is 5.84 Å². The second-order valence-corrected chi connectivity index (χ2v) is 4.82. The number of carbonyl (C=O) groups is 1. The third kappa shape index (κ3) is 3.06. The highest BCUT2D eigenvalue weighted by Gasteiger charge is 2.26. The molecule has 15 heavy (non-hydrogen) atoms. The normalized spacial score (nSPS) is 19.0. The van der Waals surface area contributed by atoms with Gasteiger partial charge in [0.25, 0.3) is 0 Å². The molecule has 2 amide bonds. The minimum absolute atomic E-state index is 0.0813. The van der Waals surface area contributed by atoms with E-state index in [1.54, 1.807) is 0 Å². The van der Waals surface area contributed by atoms with Gasteiger partial charge < -0.3 is 5.32 Å². The van der Waals surface area contributed by atoms with Gasteiger partial charge in [-0.2, -0.15) is 13.1 Å². The molecule has 1 fully saturated rings. The largest absolute Gasteiger partial charge is 0.325 e. The number of rotatable bonds is 2. The Balaban J connectivity index is 3.17. The van der Waals surface area contributed by atoms with E-state index in [-0.39, 0.29) is 16.0 Å². The molecule has 0 bridgehead atoms. The number of halogens is 2. The van der Waals surface area contributed by atoms with Gasteiger partial charge in [0.05, 0.1) is 0 Å². The third-order valence-corrected chi connectivity index (χ3v) is 2.68. The molecule has 0 unspecified atom stereocenters. The number of amides is 2. The summed E-state index contributed by atoms with van der Waals surface area (Å²) in [6.45, 7) is 0.